The Morgan fingerprint density at radius 3 is 2.46 bits per heavy atom. The van der Waals surface area contributed by atoms with E-state index in [1.165, 1.54) is 44.4 Å². The van der Waals surface area contributed by atoms with Crippen LogP contribution in [0.1, 0.15) is 34.5 Å². The molecule has 7 heteroatoms. The van der Waals surface area contributed by atoms with Gasteiger partial charge >= 0.3 is 12.1 Å². The zero-order valence-corrected chi connectivity index (χ0v) is 14.4. The number of ether oxygens (including phenoxy) is 2. The van der Waals surface area contributed by atoms with Crippen molar-refractivity contribution in [3.8, 4) is 5.75 Å². The third-order valence-electron chi connectivity index (χ3n) is 3.36. The lowest BCUT2D eigenvalue weighted by Crippen LogP contribution is -2.15. The fourth-order valence-corrected chi connectivity index (χ4v) is 2.58. The molecule has 2 aromatic carbocycles. The third kappa shape index (κ3) is 4.08. The maximum atomic E-state index is 13.1. The molecule has 0 aliphatic carbocycles. The normalized spacial score (nSPS) is 12.6. The van der Waals surface area contributed by atoms with Crippen molar-refractivity contribution < 1.29 is 27.4 Å². The summed E-state index contributed by atoms with van der Waals surface area (Å²) >= 11 is 3.25. The highest BCUT2D eigenvalue weighted by Gasteiger charge is 2.34. The predicted octanol–water partition coefficient (Wildman–Crippen LogP) is 5.39. The number of carbonyl (C=O) groups is 1. The first kappa shape index (κ1) is 18.3. The minimum atomic E-state index is -4.49. The molecule has 0 spiro atoms. The van der Waals surface area contributed by atoms with E-state index in [-0.39, 0.29) is 16.9 Å². The van der Waals surface area contributed by atoms with E-state index in [0.717, 1.165) is 6.07 Å². The Morgan fingerprint density at radius 1 is 1.17 bits per heavy atom. The summed E-state index contributed by atoms with van der Waals surface area (Å²) in [5, 5.41) is 0. The summed E-state index contributed by atoms with van der Waals surface area (Å²) in [4.78, 5) is 11.8. The van der Waals surface area contributed by atoms with E-state index in [1.54, 1.807) is 6.07 Å². The molecular weight excluding hydrogens is 389 g/mol. The van der Waals surface area contributed by atoms with Crippen LogP contribution >= 0.6 is 15.9 Å². The summed E-state index contributed by atoms with van der Waals surface area (Å²) in [7, 11) is 1.22. The fourth-order valence-electron chi connectivity index (χ4n) is 2.24. The molecule has 24 heavy (non-hydrogen) atoms. The Balaban J connectivity index is 2.40. The minimum Gasteiger partial charge on any atom is -0.485 e. The number of hydrogen-bond donors (Lipinski definition) is 0. The molecule has 0 radical (unpaired) electrons. The quantitative estimate of drug-likeness (QED) is 0.642. The van der Waals surface area contributed by atoms with Crippen LogP contribution in [0.2, 0.25) is 0 Å². The number of halogens is 4. The van der Waals surface area contributed by atoms with Crippen molar-refractivity contribution >= 4 is 21.9 Å². The lowest BCUT2D eigenvalue weighted by atomic mass is 10.0. The number of methoxy groups -OCH3 is 1. The molecule has 0 saturated heterocycles. The molecule has 0 heterocycles. The molecule has 2 rings (SSSR count). The van der Waals surface area contributed by atoms with Crippen LogP contribution in [-0.4, -0.2) is 13.1 Å². The van der Waals surface area contributed by atoms with Gasteiger partial charge in [0.25, 0.3) is 0 Å². The summed E-state index contributed by atoms with van der Waals surface area (Å²) in [5.41, 5.74) is -0.648. The van der Waals surface area contributed by atoms with Gasteiger partial charge in [0.1, 0.15) is 17.4 Å². The Labute approximate surface area is 145 Å². The average molecular weight is 403 g/mol. The molecule has 0 aliphatic heterocycles. The molecule has 2 aromatic rings. The maximum Gasteiger partial charge on any atom is 0.416 e. The van der Waals surface area contributed by atoms with Crippen LogP contribution in [0.25, 0.3) is 0 Å². The monoisotopic (exact) mass is 402 g/mol. The first-order valence-corrected chi connectivity index (χ1v) is 7.74. The second-order valence-electron chi connectivity index (χ2n) is 4.98. The van der Waals surface area contributed by atoms with E-state index in [0.29, 0.717) is 4.47 Å². The Bertz CT molecular complexity index is 744. The van der Waals surface area contributed by atoms with E-state index >= 15 is 0 Å². The molecular formula is C17H14BrF3O3. The van der Waals surface area contributed by atoms with Crippen LogP contribution in [0.5, 0.6) is 5.75 Å². The van der Waals surface area contributed by atoms with Crippen molar-refractivity contribution in [1.82, 2.24) is 0 Å². The second-order valence-corrected chi connectivity index (χ2v) is 5.89. The largest absolute Gasteiger partial charge is 0.485 e. The van der Waals surface area contributed by atoms with Gasteiger partial charge in [-0.2, -0.15) is 13.2 Å². The molecule has 128 valence electrons. The van der Waals surface area contributed by atoms with Gasteiger partial charge in [-0.3, -0.25) is 0 Å². The molecule has 1 atom stereocenters. The van der Waals surface area contributed by atoms with E-state index in [9.17, 15) is 18.0 Å². The van der Waals surface area contributed by atoms with Gasteiger partial charge in [-0.1, -0.05) is 34.1 Å². The van der Waals surface area contributed by atoms with Crippen molar-refractivity contribution in [2.75, 3.05) is 7.11 Å². The standard InChI is InChI=1S/C17H14BrF3O3/c1-10(12-5-3-4-6-14(12)17(19,20)21)24-15-9-11(18)7-8-13(15)16(22)23-2/h3-10H,1-2H3/t10-/m0/s1. The van der Waals surface area contributed by atoms with Gasteiger partial charge in [-0.15, -0.1) is 0 Å². The number of esters is 1. The lowest BCUT2D eigenvalue weighted by molar-refractivity contribution is -0.139. The first-order chi connectivity index (χ1) is 11.2. The Morgan fingerprint density at radius 2 is 1.83 bits per heavy atom. The van der Waals surface area contributed by atoms with Crippen LogP contribution in [0.15, 0.2) is 46.9 Å². The molecule has 0 aromatic heterocycles. The summed E-state index contributed by atoms with van der Waals surface area (Å²) in [5.74, 6) is -0.491. The van der Waals surface area contributed by atoms with Gasteiger partial charge in [0, 0.05) is 10.0 Å². The number of carbonyl (C=O) groups excluding carboxylic acids is 1. The molecule has 0 amide bonds. The highest BCUT2D eigenvalue weighted by atomic mass is 79.9. The van der Waals surface area contributed by atoms with Crippen LogP contribution in [-0.2, 0) is 10.9 Å². The van der Waals surface area contributed by atoms with Gasteiger partial charge in [-0.25, -0.2) is 4.79 Å². The summed E-state index contributed by atoms with van der Waals surface area (Å²) < 4.78 is 50.3. The minimum absolute atomic E-state index is 0.0132. The van der Waals surface area contributed by atoms with E-state index in [1.807, 2.05) is 0 Å². The van der Waals surface area contributed by atoms with Crippen molar-refractivity contribution in [3.05, 3.63) is 63.6 Å². The zero-order valence-electron chi connectivity index (χ0n) is 12.9. The third-order valence-corrected chi connectivity index (χ3v) is 3.85. The lowest BCUT2D eigenvalue weighted by Gasteiger charge is -2.21. The van der Waals surface area contributed by atoms with Crippen molar-refractivity contribution in [1.29, 1.82) is 0 Å². The van der Waals surface area contributed by atoms with Gasteiger partial charge in [0.05, 0.1) is 12.7 Å². The van der Waals surface area contributed by atoms with E-state index in [2.05, 4.69) is 20.7 Å². The molecule has 0 saturated carbocycles. The molecule has 0 bridgehead atoms. The number of benzene rings is 2. The number of alkyl halides is 3. The van der Waals surface area contributed by atoms with E-state index < -0.39 is 23.8 Å². The fraction of sp³-hybridized carbons (Fsp3) is 0.235. The van der Waals surface area contributed by atoms with Gasteiger partial charge in [0.2, 0.25) is 0 Å². The summed E-state index contributed by atoms with van der Waals surface area (Å²) in [6.45, 7) is 1.49. The second kappa shape index (κ2) is 7.25. The van der Waals surface area contributed by atoms with Gasteiger partial charge < -0.3 is 9.47 Å². The Hall–Kier alpha value is -2.02. The molecule has 0 unspecified atom stereocenters. The van der Waals surface area contributed by atoms with Gasteiger partial charge in [0.15, 0.2) is 0 Å². The SMILES string of the molecule is COC(=O)c1ccc(Br)cc1O[C@@H](C)c1ccccc1C(F)(F)F. The zero-order chi connectivity index (χ0) is 17.9. The first-order valence-electron chi connectivity index (χ1n) is 6.94. The van der Waals surface area contributed by atoms with Crippen LogP contribution in [0, 0.1) is 0 Å². The van der Waals surface area contributed by atoms with Gasteiger partial charge in [-0.05, 0) is 31.2 Å². The topological polar surface area (TPSA) is 35.5 Å². The summed E-state index contributed by atoms with van der Waals surface area (Å²) in [6, 6.07) is 9.78. The molecule has 0 aliphatic rings. The molecule has 3 nitrogen and oxygen atoms in total. The average Bonchev–Trinajstić information content (AvgIpc) is 2.53. The summed E-state index contributed by atoms with van der Waals surface area (Å²) in [6.07, 6.45) is -5.41. The smallest absolute Gasteiger partial charge is 0.416 e. The van der Waals surface area contributed by atoms with Crippen molar-refractivity contribution in [2.45, 2.75) is 19.2 Å². The van der Waals surface area contributed by atoms with Crippen LogP contribution < -0.4 is 4.74 Å². The Kier molecular flexibility index (Phi) is 5.54. The van der Waals surface area contributed by atoms with Crippen molar-refractivity contribution in [2.24, 2.45) is 0 Å². The van der Waals surface area contributed by atoms with Crippen molar-refractivity contribution in [3.63, 3.8) is 0 Å². The predicted molar refractivity (Wildman–Crippen MR) is 86.0 cm³/mol. The highest BCUT2D eigenvalue weighted by Crippen LogP contribution is 2.36. The maximum absolute atomic E-state index is 13.1. The molecule has 0 fully saturated rings. The van der Waals surface area contributed by atoms with E-state index in [4.69, 9.17) is 4.74 Å². The number of rotatable bonds is 4. The molecule has 0 N–H and O–H groups in total. The highest BCUT2D eigenvalue weighted by molar-refractivity contribution is 9.10. The van der Waals surface area contributed by atoms with Crippen LogP contribution in [0.4, 0.5) is 13.2 Å². The number of hydrogen-bond acceptors (Lipinski definition) is 3. The van der Waals surface area contributed by atoms with Crippen LogP contribution in [0.3, 0.4) is 0 Å².